The van der Waals surface area contributed by atoms with E-state index in [1.54, 1.807) is 0 Å². The second-order valence-electron chi connectivity index (χ2n) is 4.39. The molecule has 0 radical (unpaired) electrons. The maximum absolute atomic E-state index is 6.02. The molecule has 0 unspecified atom stereocenters. The minimum absolute atomic E-state index is 0.211. The molecule has 4 nitrogen and oxygen atoms in total. The van der Waals surface area contributed by atoms with E-state index < -0.39 is 0 Å². The van der Waals surface area contributed by atoms with Crippen LogP contribution in [0.4, 0.5) is 17.5 Å². The van der Waals surface area contributed by atoms with Crippen LogP contribution in [-0.2, 0) is 12.8 Å². The lowest BCUT2D eigenvalue weighted by molar-refractivity contribution is 0.912. The van der Waals surface area contributed by atoms with Gasteiger partial charge in [0.15, 0.2) is 5.82 Å². The predicted octanol–water partition coefficient (Wildman–Crippen LogP) is 2.94. The Hall–Kier alpha value is -1.81. The molecule has 0 amide bonds. The van der Waals surface area contributed by atoms with Crippen LogP contribution in [0.2, 0.25) is 5.02 Å². The molecular weight excluding hydrogens is 248 g/mol. The highest BCUT2D eigenvalue weighted by atomic mass is 35.5. The Bertz CT molecular complexity index is 598. The highest BCUT2D eigenvalue weighted by Gasteiger charge is 2.11. The summed E-state index contributed by atoms with van der Waals surface area (Å²) in [4.78, 5) is 7.92. The maximum atomic E-state index is 6.02. The molecular formula is C13H13ClN4. The van der Waals surface area contributed by atoms with Crippen LogP contribution in [-0.4, -0.2) is 9.97 Å². The first kappa shape index (κ1) is 11.3. The van der Waals surface area contributed by atoms with E-state index >= 15 is 0 Å². The summed E-state index contributed by atoms with van der Waals surface area (Å²) < 4.78 is 0. The molecule has 18 heavy (non-hydrogen) atoms. The molecule has 0 aliphatic heterocycles. The third-order valence-corrected chi connectivity index (χ3v) is 3.40. The van der Waals surface area contributed by atoms with Gasteiger partial charge >= 0.3 is 0 Å². The predicted molar refractivity (Wildman–Crippen MR) is 73.2 cm³/mol. The second-order valence-corrected chi connectivity index (χ2v) is 4.79. The van der Waals surface area contributed by atoms with Crippen LogP contribution >= 0.6 is 11.6 Å². The summed E-state index contributed by atoms with van der Waals surface area (Å²) in [5, 5.41) is 3.64. The molecule has 0 saturated heterocycles. The van der Waals surface area contributed by atoms with Gasteiger partial charge in [-0.25, -0.2) is 4.98 Å². The summed E-state index contributed by atoms with van der Waals surface area (Å²) in [5.74, 6) is 0.755. The number of anilines is 3. The van der Waals surface area contributed by atoms with Gasteiger partial charge in [0.05, 0.1) is 6.20 Å². The van der Waals surface area contributed by atoms with Gasteiger partial charge in [-0.05, 0) is 42.5 Å². The number of nitrogen functional groups attached to an aromatic ring is 1. The Labute approximate surface area is 110 Å². The summed E-state index contributed by atoms with van der Waals surface area (Å²) in [6.07, 6.45) is 5.06. The molecule has 0 spiro atoms. The van der Waals surface area contributed by atoms with Crippen LogP contribution in [0.25, 0.3) is 0 Å². The Morgan fingerprint density at radius 1 is 1.22 bits per heavy atom. The molecule has 92 valence electrons. The quantitative estimate of drug-likeness (QED) is 0.871. The van der Waals surface area contributed by atoms with Crippen LogP contribution in [0, 0.1) is 0 Å². The third kappa shape index (κ3) is 2.11. The average Bonchev–Trinajstić information content (AvgIpc) is 2.81. The largest absolute Gasteiger partial charge is 0.368 e. The molecule has 0 bridgehead atoms. The summed E-state index contributed by atoms with van der Waals surface area (Å²) >= 11 is 6.02. The number of nitrogens with zero attached hydrogens (tertiary/aromatic N) is 2. The van der Waals surface area contributed by atoms with E-state index in [1.165, 1.54) is 30.2 Å². The lowest BCUT2D eigenvalue weighted by atomic mass is 10.1. The molecule has 0 atom stereocenters. The number of nitrogens with two attached hydrogens (primary N) is 1. The van der Waals surface area contributed by atoms with Crippen LogP contribution in [0.3, 0.4) is 0 Å². The number of halogens is 1. The maximum Gasteiger partial charge on any atom is 0.222 e. The van der Waals surface area contributed by atoms with Gasteiger partial charge in [-0.3, -0.25) is 0 Å². The van der Waals surface area contributed by atoms with Crippen LogP contribution in [0.15, 0.2) is 24.4 Å². The van der Waals surface area contributed by atoms with E-state index in [4.69, 9.17) is 17.3 Å². The van der Waals surface area contributed by atoms with E-state index in [-0.39, 0.29) is 5.95 Å². The number of hydrogen-bond acceptors (Lipinski definition) is 4. The van der Waals surface area contributed by atoms with Crippen molar-refractivity contribution in [1.82, 2.24) is 9.97 Å². The van der Waals surface area contributed by atoms with Crippen molar-refractivity contribution in [2.75, 3.05) is 11.1 Å². The third-order valence-electron chi connectivity index (χ3n) is 3.12. The van der Waals surface area contributed by atoms with Crippen molar-refractivity contribution in [3.05, 3.63) is 40.5 Å². The van der Waals surface area contributed by atoms with Crippen LogP contribution < -0.4 is 11.1 Å². The monoisotopic (exact) mass is 260 g/mol. The van der Waals surface area contributed by atoms with Crippen molar-refractivity contribution in [1.29, 1.82) is 0 Å². The number of fused-ring (bicyclic) bond motifs is 1. The van der Waals surface area contributed by atoms with Crippen molar-refractivity contribution >= 4 is 29.1 Å². The van der Waals surface area contributed by atoms with E-state index in [9.17, 15) is 0 Å². The minimum atomic E-state index is 0.211. The van der Waals surface area contributed by atoms with Gasteiger partial charge in [0.25, 0.3) is 0 Å². The van der Waals surface area contributed by atoms with Crippen LogP contribution in [0.5, 0.6) is 0 Å². The highest BCUT2D eigenvalue weighted by Crippen LogP contribution is 2.28. The molecule has 2 aromatic rings. The van der Waals surface area contributed by atoms with Crippen molar-refractivity contribution < 1.29 is 0 Å². The van der Waals surface area contributed by atoms with Crippen molar-refractivity contribution in [2.24, 2.45) is 0 Å². The second kappa shape index (κ2) is 4.46. The summed E-state index contributed by atoms with van der Waals surface area (Å²) in [6.45, 7) is 0. The molecule has 1 heterocycles. The molecule has 1 aromatic heterocycles. The zero-order valence-corrected chi connectivity index (χ0v) is 10.5. The molecule has 3 rings (SSSR count). The summed E-state index contributed by atoms with van der Waals surface area (Å²) in [5.41, 5.74) is 9.37. The van der Waals surface area contributed by atoms with Gasteiger partial charge in [-0.1, -0.05) is 17.7 Å². The lowest BCUT2D eigenvalue weighted by Gasteiger charge is -2.09. The fourth-order valence-corrected chi connectivity index (χ4v) is 2.39. The molecule has 0 saturated carbocycles. The molecule has 0 fully saturated rings. The molecule has 1 aliphatic carbocycles. The van der Waals surface area contributed by atoms with Gasteiger partial charge < -0.3 is 11.1 Å². The van der Waals surface area contributed by atoms with Gasteiger partial charge in [0.2, 0.25) is 5.95 Å². The Balaban J connectivity index is 1.90. The molecule has 1 aromatic carbocycles. The first-order chi connectivity index (χ1) is 8.72. The normalized spacial score (nSPS) is 13.4. The molecule has 3 N–H and O–H groups in total. The van der Waals surface area contributed by atoms with Crippen molar-refractivity contribution in [3.8, 4) is 0 Å². The highest BCUT2D eigenvalue weighted by molar-refractivity contribution is 6.32. The Kier molecular flexibility index (Phi) is 2.80. The van der Waals surface area contributed by atoms with Crippen molar-refractivity contribution in [2.45, 2.75) is 19.3 Å². The van der Waals surface area contributed by atoms with Gasteiger partial charge in [0.1, 0.15) is 5.02 Å². The smallest absolute Gasteiger partial charge is 0.222 e. The summed E-state index contributed by atoms with van der Waals surface area (Å²) in [6, 6.07) is 6.35. The van der Waals surface area contributed by atoms with Gasteiger partial charge in [-0.15, -0.1) is 0 Å². The number of aromatic nitrogens is 2. The van der Waals surface area contributed by atoms with Gasteiger partial charge in [0, 0.05) is 5.69 Å². The summed E-state index contributed by atoms with van der Waals surface area (Å²) in [7, 11) is 0. The number of nitrogens with one attached hydrogen (secondary N) is 1. The molecule has 1 aliphatic rings. The SMILES string of the molecule is Nc1ncc(Cl)c(Nc2ccc3c(c2)CCC3)n1. The zero-order valence-electron chi connectivity index (χ0n) is 9.78. The van der Waals surface area contributed by atoms with E-state index in [1.807, 2.05) is 6.07 Å². The van der Waals surface area contributed by atoms with E-state index in [2.05, 4.69) is 27.4 Å². The Morgan fingerprint density at radius 3 is 2.94 bits per heavy atom. The zero-order chi connectivity index (χ0) is 12.5. The van der Waals surface area contributed by atoms with Crippen LogP contribution in [0.1, 0.15) is 17.5 Å². The fourth-order valence-electron chi connectivity index (χ4n) is 2.25. The topological polar surface area (TPSA) is 63.8 Å². The number of aryl methyl sites for hydroxylation is 2. The average molecular weight is 261 g/mol. The number of hydrogen-bond donors (Lipinski definition) is 2. The number of rotatable bonds is 2. The lowest BCUT2D eigenvalue weighted by Crippen LogP contribution is -2.00. The first-order valence-corrected chi connectivity index (χ1v) is 6.27. The minimum Gasteiger partial charge on any atom is -0.368 e. The van der Waals surface area contributed by atoms with Crippen molar-refractivity contribution in [3.63, 3.8) is 0 Å². The first-order valence-electron chi connectivity index (χ1n) is 5.89. The van der Waals surface area contributed by atoms with E-state index in [0.29, 0.717) is 10.8 Å². The standard InChI is InChI=1S/C13H13ClN4/c14-11-7-16-13(15)18-12(11)17-10-5-4-8-2-1-3-9(8)6-10/h4-7H,1-3H2,(H3,15,16,17,18). The van der Waals surface area contributed by atoms with E-state index in [0.717, 1.165) is 12.1 Å². The fraction of sp³-hybridized carbons (Fsp3) is 0.231. The Morgan fingerprint density at radius 2 is 2.06 bits per heavy atom. The van der Waals surface area contributed by atoms with Gasteiger partial charge in [-0.2, -0.15) is 4.98 Å². The number of benzene rings is 1. The molecule has 5 heteroatoms.